The molecule has 0 amide bonds. The summed E-state index contributed by atoms with van der Waals surface area (Å²) in [6, 6.07) is 15.7. The van der Waals surface area contributed by atoms with Crippen LogP contribution in [0.5, 0.6) is 0 Å². The third-order valence-corrected chi connectivity index (χ3v) is 4.12. The van der Waals surface area contributed by atoms with Crippen molar-refractivity contribution in [1.82, 2.24) is 0 Å². The summed E-state index contributed by atoms with van der Waals surface area (Å²) in [5.41, 5.74) is 8.61. The van der Waals surface area contributed by atoms with Gasteiger partial charge in [0.1, 0.15) is 0 Å². The van der Waals surface area contributed by atoms with E-state index in [0.29, 0.717) is 0 Å². The summed E-state index contributed by atoms with van der Waals surface area (Å²) in [6.07, 6.45) is 3.44. The van der Waals surface area contributed by atoms with Gasteiger partial charge >= 0.3 is 37.9 Å². The Morgan fingerprint density at radius 1 is 0.958 bits per heavy atom. The number of hydrogen-bond donors (Lipinski definition) is 0. The number of hydrogen-bond acceptors (Lipinski definition) is 0. The van der Waals surface area contributed by atoms with Crippen LogP contribution >= 0.6 is 17.0 Å². The van der Waals surface area contributed by atoms with Crippen LogP contribution in [0.1, 0.15) is 44.4 Å². The Balaban J connectivity index is 0.000000671. The van der Waals surface area contributed by atoms with Gasteiger partial charge in [-0.15, -0.1) is 0 Å². The first-order valence-corrected chi connectivity index (χ1v) is 14.1. The number of fused-ring (bicyclic) bond motifs is 1. The molecule has 2 aromatic carbocycles. The zero-order valence-electron chi connectivity index (χ0n) is 14.6. The molecule has 0 spiro atoms. The van der Waals surface area contributed by atoms with Crippen LogP contribution in [0, 0.1) is 0 Å². The summed E-state index contributed by atoms with van der Waals surface area (Å²) < 4.78 is 0. The molecule has 3 rings (SSSR count). The fourth-order valence-corrected chi connectivity index (χ4v) is 2.94. The maximum Gasteiger partial charge on any atom is 0 e. The van der Waals surface area contributed by atoms with E-state index in [1.54, 1.807) is 0 Å². The topological polar surface area (TPSA) is 0 Å². The van der Waals surface area contributed by atoms with Crippen LogP contribution in [-0.2, 0) is 32.7 Å². The van der Waals surface area contributed by atoms with Crippen LogP contribution in [0.15, 0.2) is 48.0 Å². The van der Waals surface area contributed by atoms with Gasteiger partial charge in [-0.25, -0.2) is 0 Å². The van der Waals surface area contributed by atoms with E-state index in [-0.39, 0.29) is 16.4 Å². The van der Waals surface area contributed by atoms with E-state index >= 15 is 0 Å². The van der Waals surface area contributed by atoms with Gasteiger partial charge in [-0.2, -0.15) is 0 Å². The molecule has 2 aromatic rings. The average Bonchev–Trinajstić information content (AvgIpc) is 2.87. The van der Waals surface area contributed by atoms with E-state index in [9.17, 15) is 0 Å². The van der Waals surface area contributed by atoms with E-state index in [1.807, 2.05) is 0 Å². The first-order chi connectivity index (χ1) is 10.9. The smallest absolute Gasteiger partial charge is 0 e. The van der Waals surface area contributed by atoms with Crippen LogP contribution in [0.2, 0.25) is 0 Å². The molecular weight excluding hydrogens is 430 g/mol. The molecule has 0 heterocycles. The average molecular weight is 453 g/mol. The van der Waals surface area contributed by atoms with Crippen molar-refractivity contribution in [3.63, 3.8) is 0 Å². The quantitative estimate of drug-likeness (QED) is 0.427. The van der Waals surface area contributed by atoms with Crippen molar-refractivity contribution < 1.29 is 20.8 Å². The Morgan fingerprint density at radius 2 is 1.54 bits per heavy atom. The summed E-state index contributed by atoms with van der Waals surface area (Å²) in [5, 5.41) is 0. The Hall–Kier alpha value is -0.140. The zero-order valence-corrected chi connectivity index (χ0v) is 19.6. The van der Waals surface area contributed by atoms with Crippen molar-refractivity contribution in [2.75, 3.05) is 0 Å². The predicted octanol–water partition coefficient (Wildman–Crippen LogP) is 6.61. The van der Waals surface area contributed by atoms with E-state index in [4.69, 9.17) is 17.0 Å². The molecule has 0 aromatic heterocycles. The third kappa shape index (κ3) is 5.43. The molecule has 0 saturated heterocycles. The monoisotopic (exact) mass is 450 g/mol. The number of rotatable bonds is 1. The van der Waals surface area contributed by atoms with Crippen molar-refractivity contribution in [1.29, 1.82) is 0 Å². The van der Waals surface area contributed by atoms with Gasteiger partial charge in [0, 0.05) is 11.0 Å². The molecule has 0 bridgehead atoms. The second-order valence-electron chi connectivity index (χ2n) is 6.94. The van der Waals surface area contributed by atoms with Crippen LogP contribution in [-0.4, -0.2) is 11.0 Å². The largest absolute Gasteiger partial charge is 0 e. The normalized spacial score (nSPS) is 12.3. The zero-order chi connectivity index (χ0) is 17.0. The Bertz CT molecular complexity index is 701. The fourth-order valence-electron chi connectivity index (χ4n) is 2.94. The van der Waals surface area contributed by atoms with Gasteiger partial charge in [-0.3, -0.25) is 0 Å². The second-order valence-corrected chi connectivity index (χ2v) is 10.7. The van der Waals surface area contributed by atoms with E-state index < -0.39 is 20.8 Å². The Kier molecular flexibility index (Phi) is 8.70. The molecule has 0 N–H and O–H groups in total. The predicted molar refractivity (Wildman–Crippen MR) is 105 cm³/mol. The Labute approximate surface area is 169 Å². The standard InChI is InChI=1S/C20H22.2ClH.Si.Zr/c1-14-12-16-6-5-7-18(19(16)13-14)15-8-10-17(11-9-15)20(2,3)4;;;;/h5-11,13H,12H2,1-4H3;2*1H;;/q;;;;+2/p-2. The van der Waals surface area contributed by atoms with E-state index in [1.165, 1.54) is 33.4 Å². The Morgan fingerprint density at radius 3 is 2.08 bits per heavy atom. The molecule has 1 aliphatic rings. The van der Waals surface area contributed by atoms with Gasteiger partial charge in [-0.05, 0) is 46.6 Å². The molecule has 0 saturated carbocycles. The van der Waals surface area contributed by atoms with Crippen molar-refractivity contribution >= 4 is 34.1 Å². The second kappa shape index (κ2) is 9.53. The molecule has 0 fully saturated rings. The minimum absolute atomic E-state index is 0. The molecule has 4 heteroatoms. The number of halogens is 2. The van der Waals surface area contributed by atoms with Crippen LogP contribution in [0.25, 0.3) is 17.2 Å². The van der Waals surface area contributed by atoms with Gasteiger partial charge < -0.3 is 0 Å². The van der Waals surface area contributed by atoms with Crippen molar-refractivity contribution in [2.24, 2.45) is 0 Å². The molecule has 1 aliphatic carbocycles. The third-order valence-electron chi connectivity index (χ3n) is 4.12. The van der Waals surface area contributed by atoms with E-state index in [0.717, 1.165) is 6.42 Å². The summed E-state index contributed by atoms with van der Waals surface area (Å²) in [6.45, 7) is 8.99. The summed E-state index contributed by atoms with van der Waals surface area (Å²) in [5.74, 6) is 0. The first kappa shape index (κ1) is 21.9. The fraction of sp³-hybridized carbons (Fsp3) is 0.300. The van der Waals surface area contributed by atoms with Crippen LogP contribution in [0.3, 0.4) is 0 Å². The van der Waals surface area contributed by atoms with Crippen LogP contribution in [0.4, 0.5) is 0 Å². The molecule has 0 atom stereocenters. The first-order valence-electron chi connectivity index (χ1n) is 7.73. The summed E-state index contributed by atoms with van der Waals surface area (Å²) >= 11 is -0.826. The van der Waals surface area contributed by atoms with Crippen molar-refractivity contribution in [3.05, 3.63) is 64.7 Å². The number of benzene rings is 2. The summed E-state index contributed by atoms with van der Waals surface area (Å²) in [7, 11) is 9.87. The van der Waals surface area contributed by atoms with Gasteiger partial charge in [0.05, 0.1) is 0 Å². The maximum atomic E-state index is 4.93. The SMILES string of the molecule is CC1=Cc2c(cccc2-c2ccc(C(C)(C)C)cc2)C1.[Cl][Zr][Cl].[Si]. The van der Waals surface area contributed by atoms with Crippen molar-refractivity contribution in [3.8, 4) is 11.1 Å². The van der Waals surface area contributed by atoms with Gasteiger partial charge in [0.15, 0.2) is 0 Å². The van der Waals surface area contributed by atoms with Crippen molar-refractivity contribution in [2.45, 2.75) is 39.5 Å². The van der Waals surface area contributed by atoms with Gasteiger partial charge in [0.25, 0.3) is 0 Å². The maximum absolute atomic E-state index is 4.93. The number of allylic oxidation sites excluding steroid dienone is 1. The van der Waals surface area contributed by atoms with E-state index in [2.05, 4.69) is 76.2 Å². The minimum Gasteiger partial charge on any atom is 0 e. The molecule has 0 nitrogen and oxygen atoms in total. The van der Waals surface area contributed by atoms with Gasteiger partial charge in [0.2, 0.25) is 0 Å². The molecule has 0 aliphatic heterocycles. The molecule has 0 unspecified atom stereocenters. The van der Waals surface area contributed by atoms with Gasteiger partial charge in [-0.1, -0.05) is 74.9 Å². The summed E-state index contributed by atoms with van der Waals surface area (Å²) in [4.78, 5) is 0. The molecule has 4 radical (unpaired) electrons. The molecule has 124 valence electrons. The minimum atomic E-state index is -0.826. The molecule has 24 heavy (non-hydrogen) atoms. The molecular formula is C20H22Cl2SiZr. The van der Waals surface area contributed by atoms with Crippen LogP contribution < -0.4 is 0 Å².